The second kappa shape index (κ2) is 10.5. The lowest BCUT2D eigenvalue weighted by molar-refractivity contribution is -0.0621. The monoisotopic (exact) mass is 611 g/mol. The Morgan fingerprint density at radius 1 is 1.02 bits per heavy atom. The molecule has 9 rings (SSSR count). The molecule has 0 radical (unpaired) electrons. The average Bonchev–Trinajstić information content (AvgIpc) is 3.41. The maximum atomic E-state index is 16.8. The van der Waals surface area contributed by atoms with Gasteiger partial charge in [0.15, 0.2) is 5.82 Å². The molecule has 2 aromatic heterocycles. The number of anilines is 1. The average molecular weight is 612 g/mol. The molecule has 4 heterocycles. The summed E-state index contributed by atoms with van der Waals surface area (Å²) in [6.07, 6.45) is 15.2. The number of phenols is 1. The van der Waals surface area contributed by atoms with Crippen molar-refractivity contribution in [2.45, 2.75) is 63.5 Å². The van der Waals surface area contributed by atoms with Gasteiger partial charge in [0.25, 0.3) is 0 Å². The van der Waals surface area contributed by atoms with Gasteiger partial charge >= 0.3 is 6.01 Å². The molecule has 2 atom stereocenters. The van der Waals surface area contributed by atoms with Gasteiger partial charge in [0.1, 0.15) is 28.6 Å². The van der Waals surface area contributed by atoms with Gasteiger partial charge in [-0.05, 0) is 80.4 Å². The van der Waals surface area contributed by atoms with E-state index < -0.39 is 11.6 Å². The van der Waals surface area contributed by atoms with Gasteiger partial charge in [-0.1, -0.05) is 12.0 Å². The van der Waals surface area contributed by atoms with Crippen LogP contribution in [0.2, 0.25) is 0 Å². The number of nitrogens with one attached hydrogen (secondary N) is 1. The van der Waals surface area contributed by atoms with Crippen LogP contribution in [0.4, 0.5) is 14.6 Å². The third-order valence-electron chi connectivity index (χ3n) is 11.0. The summed E-state index contributed by atoms with van der Waals surface area (Å²) in [5.74, 6) is 1.50. The van der Waals surface area contributed by atoms with E-state index in [0.29, 0.717) is 35.3 Å². The molecule has 4 aromatic rings. The molecule has 2 aromatic carbocycles. The zero-order valence-corrected chi connectivity index (χ0v) is 25.0. The molecule has 0 amide bonds. The van der Waals surface area contributed by atoms with Crippen LogP contribution < -0.4 is 15.0 Å². The van der Waals surface area contributed by atoms with Crippen molar-refractivity contribution in [3.05, 3.63) is 47.7 Å². The van der Waals surface area contributed by atoms with E-state index in [4.69, 9.17) is 16.1 Å². The van der Waals surface area contributed by atoms with Crippen LogP contribution in [-0.4, -0.2) is 63.6 Å². The van der Waals surface area contributed by atoms with E-state index >= 15 is 4.39 Å². The number of hydrogen-bond acceptors (Lipinski definition) is 8. The van der Waals surface area contributed by atoms with E-state index in [1.807, 2.05) is 0 Å². The van der Waals surface area contributed by atoms with Gasteiger partial charge in [0.2, 0.25) is 0 Å². The number of phenolic OH excluding ortho intramolecular Hbond substituents is 1. The summed E-state index contributed by atoms with van der Waals surface area (Å²) >= 11 is 0. The minimum Gasteiger partial charge on any atom is -0.508 e. The molecule has 10 heteroatoms. The topological polar surface area (TPSA) is 104 Å². The van der Waals surface area contributed by atoms with Crippen LogP contribution in [0, 0.1) is 34.8 Å². The summed E-state index contributed by atoms with van der Waals surface area (Å²) in [6.45, 7) is 2.10. The predicted molar refractivity (Wildman–Crippen MR) is 167 cm³/mol. The van der Waals surface area contributed by atoms with Gasteiger partial charge in [-0.25, -0.2) is 8.78 Å². The van der Waals surface area contributed by atoms with Crippen molar-refractivity contribution in [3.8, 4) is 35.4 Å². The first-order valence-corrected chi connectivity index (χ1v) is 15.8. The van der Waals surface area contributed by atoms with E-state index in [0.717, 1.165) is 64.5 Å². The first-order valence-electron chi connectivity index (χ1n) is 15.8. The lowest BCUT2D eigenvalue weighted by Crippen LogP contribution is -2.51. The third kappa shape index (κ3) is 4.67. The first-order chi connectivity index (χ1) is 21.8. The molecule has 232 valence electrons. The number of piperazine rings is 1. The molecule has 5 aliphatic rings. The van der Waals surface area contributed by atoms with E-state index in [-0.39, 0.29) is 56.9 Å². The van der Waals surface area contributed by atoms with E-state index in [1.165, 1.54) is 24.3 Å². The van der Waals surface area contributed by atoms with Crippen LogP contribution in [-0.2, 0) is 0 Å². The zero-order valence-electron chi connectivity index (χ0n) is 25.0. The lowest BCUT2D eigenvalue weighted by atomic mass is 9.54. The third-order valence-corrected chi connectivity index (χ3v) is 11.0. The van der Waals surface area contributed by atoms with E-state index in [9.17, 15) is 14.6 Å². The molecule has 2 saturated heterocycles. The number of aromatic nitrogens is 3. The molecule has 5 fully saturated rings. The molecule has 8 nitrogen and oxygen atoms in total. The molecule has 2 aliphatic heterocycles. The van der Waals surface area contributed by atoms with Crippen molar-refractivity contribution in [2.24, 2.45) is 10.8 Å². The number of ether oxygens (including phenoxy) is 1. The number of aromatic hydroxyl groups is 1. The van der Waals surface area contributed by atoms with Crippen molar-refractivity contribution >= 4 is 27.5 Å². The fourth-order valence-electron chi connectivity index (χ4n) is 8.25. The Hall–Kier alpha value is -4.07. The Bertz CT molecular complexity index is 1860. The number of halogens is 2. The maximum Gasteiger partial charge on any atom is 0.319 e. The summed E-state index contributed by atoms with van der Waals surface area (Å²) in [5, 5.41) is 25.3. The highest BCUT2D eigenvalue weighted by atomic mass is 19.1. The molecule has 3 saturated carbocycles. The maximum absolute atomic E-state index is 16.8. The van der Waals surface area contributed by atoms with Gasteiger partial charge in [0, 0.05) is 54.3 Å². The van der Waals surface area contributed by atoms with Crippen LogP contribution in [0.1, 0.15) is 56.9 Å². The Labute approximate surface area is 259 Å². The molecule has 3 aliphatic carbocycles. The molecule has 4 bridgehead atoms. The number of benzene rings is 2. The van der Waals surface area contributed by atoms with E-state index in [2.05, 4.69) is 26.1 Å². The van der Waals surface area contributed by atoms with Crippen LogP contribution in [0.15, 0.2) is 30.5 Å². The van der Waals surface area contributed by atoms with Gasteiger partial charge in [-0.3, -0.25) is 4.98 Å². The Morgan fingerprint density at radius 3 is 2.42 bits per heavy atom. The zero-order chi connectivity index (χ0) is 30.9. The van der Waals surface area contributed by atoms with Crippen molar-refractivity contribution in [3.63, 3.8) is 0 Å². The molecule has 45 heavy (non-hydrogen) atoms. The Balaban J connectivity index is 1.24. The summed E-state index contributed by atoms with van der Waals surface area (Å²) in [7, 11) is 0. The van der Waals surface area contributed by atoms with Crippen molar-refractivity contribution in [1.29, 1.82) is 0 Å². The number of fused-ring (bicyclic) bond motifs is 7. The fourth-order valence-corrected chi connectivity index (χ4v) is 8.25. The smallest absolute Gasteiger partial charge is 0.319 e. The number of aliphatic hydroxyl groups is 1. The highest BCUT2D eigenvalue weighted by molar-refractivity contribution is 6.03. The normalized spacial score (nSPS) is 27.3. The van der Waals surface area contributed by atoms with Crippen molar-refractivity contribution in [1.82, 2.24) is 20.3 Å². The number of hydrogen-bond donors (Lipinski definition) is 3. The molecular formula is C35H35F2N5O3. The molecule has 0 spiro atoms. The number of aliphatic hydroxyl groups excluding tert-OH is 1. The molecular weight excluding hydrogens is 576 g/mol. The van der Waals surface area contributed by atoms with Crippen LogP contribution in [0.25, 0.3) is 32.9 Å². The predicted octanol–water partition coefficient (Wildman–Crippen LogP) is 5.46. The van der Waals surface area contributed by atoms with Crippen molar-refractivity contribution in [2.75, 3.05) is 31.2 Å². The molecule has 0 unspecified atom stereocenters. The highest BCUT2D eigenvalue weighted by Crippen LogP contribution is 2.56. The summed E-state index contributed by atoms with van der Waals surface area (Å²) in [4.78, 5) is 16.2. The van der Waals surface area contributed by atoms with Gasteiger partial charge in [-0.15, -0.1) is 6.42 Å². The summed E-state index contributed by atoms with van der Waals surface area (Å²) in [5.41, 5.74) is 0.125. The second-order valence-corrected chi connectivity index (χ2v) is 13.7. The summed E-state index contributed by atoms with van der Waals surface area (Å²) in [6, 6.07) is 6.29. The number of rotatable bonds is 6. The minimum absolute atomic E-state index is 0.0122. The number of nitrogens with zero attached hydrogens (tertiary/aromatic N) is 4. The van der Waals surface area contributed by atoms with Gasteiger partial charge in [-0.2, -0.15) is 9.97 Å². The second-order valence-electron chi connectivity index (χ2n) is 13.7. The largest absolute Gasteiger partial charge is 0.508 e. The standard InChI is InChI=1S/C35H35F2N5O3/c1-2-24-27(36)6-3-20-13-23(44)14-25(28(20)24)30-29(37)31-26(15-38-30)32(42-16-21-4-5-22(17-42)39-21)41-33(40-31)45-19-35-10-7-34(18-43,8-11-35)9-12-35/h1,3,6,13-15,21-22,39,43-44H,4-5,7-12,16-19H2/t21-,22+,34?,35?. The number of terminal acetylenes is 1. The van der Waals surface area contributed by atoms with Crippen LogP contribution >= 0.6 is 0 Å². The Morgan fingerprint density at radius 2 is 1.73 bits per heavy atom. The van der Waals surface area contributed by atoms with Crippen LogP contribution in [0.5, 0.6) is 11.8 Å². The first kappa shape index (κ1) is 28.4. The highest BCUT2D eigenvalue weighted by Gasteiger charge is 2.48. The summed E-state index contributed by atoms with van der Waals surface area (Å²) < 4.78 is 37.9. The molecule has 3 N–H and O–H groups in total. The van der Waals surface area contributed by atoms with E-state index in [1.54, 1.807) is 6.20 Å². The lowest BCUT2D eigenvalue weighted by Gasteiger charge is -2.52. The SMILES string of the molecule is C#Cc1c(F)ccc2cc(O)cc(-c3ncc4c(N5C[C@H]6CC[C@@H](C5)N6)nc(OCC56CCC(CO)(CC5)CC6)nc4c3F)c12. The number of pyridine rings is 1. The quantitative estimate of drug-likeness (QED) is 0.247. The van der Waals surface area contributed by atoms with Gasteiger partial charge < -0.3 is 25.2 Å². The van der Waals surface area contributed by atoms with Crippen LogP contribution in [0.3, 0.4) is 0 Å². The minimum atomic E-state index is -0.723. The Kier molecular flexibility index (Phi) is 6.63. The van der Waals surface area contributed by atoms with Crippen molar-refractivity contribution < 1.29 is 23.7 Å². The van der Waals surface area contributed by atoms with Gasteiger partial charge in [0.05, 0.1) is 17.6 Å². The fraction of sp³-hybridized carbons (Fsp3) is 0.457.